The second-order valence-electron chi connectivity index (χ2n) is 2.90. The Morgan fingerprint density at radius 2 is 1.53 bits per heavy atom. The van der Waals surface area contributed by atoms with Crippen LogP contribution in [0, 0.1) is 30.3 Å². The molecule has 0 saturated carbocycles. The van der Waals surface area contributed by atoms with Gasteiger partial charge in [-0.05, 0) is 0 Å². The first kappa shape index (κ1) is 13.2. The summed E-state index contributed by atoms with van der Waals surface area (Å²) in [6.07, 6.45) is 0. The second kappa shape index (κ2) is 3.59. The van der Waals surface area contributed by atoms with Crippen LogP contribution in [-0.2, 0) is 9.84 Å². The van der Waals surface area contributed by atoms with Gasteiger partial charge in [-0.3, -0.25) is 30.3 Å². The van der Waals surface area contributed by atoms with E-state index < -0.39 is 46.1 Å². The van der Waals surface area contributed by atoms with Crippen molar-refractivity contribution in [1.29, 1.82) is 0 Å². The zero-order chi connectivity index (χ0) is 13.6. The molecule has 1 heterocycles. The molecular weight excluding hydrogens is 286 g/mol. The van der Waals surface area contributed by atoms with Crippen molar-refractivity contribution in [2.24, 2.45) is 0 Å². The predicted molar refractivity (Wildman–Crippen MR) is 50.4 cm³/mol. The minimum atomic E-state index is -5.04. The SMILES string of the molecule is O=[N+]([O-])C1=C(Cl)C([N+](=O)[O-])([N+](=O)[O-])S(=O)(=O)C1. The minimum absolute atomic E-state index is 1.26. The normalized spacial score (nSPS) is 21.2. The van der Waals surface area contributed by atoms with E-state index in [1.54, 1.807) is 0 Å². The molecule has 0 N–H and O–H groups in total. The van der Waals surface area contributed by atoms with E-state index in [4.69, 9.17) is 11.6 Å². The Morgan fingerprint density at radius 3 is 1.71 bits per heavy atom. The Balaban J connectivity index is 3.74. The van der Waals surface area contributed by atoms with Crippen LogP contribution in [0.25, 0.3) is 0 Å². The molecule has 94 valence electrons. The molecule has 0 spiro atoms. The summed E-state index contributed by atoms with van der Waals surface area (Å²) in [4.78, 5) is 22.9. The highest BCUT2D eigenvalue weighted by Gasteiger charge is 2.78. The molecule has 0 bridgehead atoms. The molecule has 0 atom stereocenters. The van der Waals surface area contributed by atoms with Crippen LogP contribution in [0.2, 0.25) is 0 Å². The van der Waals surface area contributed by atoms with Crippen molar-refractivity contribution in [2.45, 2.75) is 4.99 Å². The smallest absolute Gasteiger partial charge is 0.259 e. The lowest BCUT2D eigenvalue weighted by Gasteiger charge is -2.09. The maximum atomic E-state index is 11.4. The average molecular weight is 288 g/mol. The lowest BCUT2D eigenvalue weighted by molar-refractivity contribution is -0.750. The number of hydrogen-bond acceptors (Lipinski definition) is 8. The summed E-state index contributed by atoms with van der Waals surface area (Å²) in [6, 6.07) is 0. The molecule has 17 heavy (non-hydrogen) atoms. The van der Waals surface area contributed by atoms with E-state index in [-0.39, 0.29) is 0 Å². The number of nitro groups is 3. The van der Waals surface area contributed by atoms with Crippen LogP contribution < -0.4 is 0 Å². The summed E-state index contributed by atoms with van der Waals surface area (Å²) in [6.45, 7) is 0. The van der Waals surface area contributed by atoms with Gasteiger partial charge in [-0.2, -0.15) is 0 Å². The first-order chi connectivity index (χ1) is 7.59. The Bertz CT molecular complexity index is 549. The van der Waals surface area contributed by atoms with Crippen molar-refractivity contribution in [2.75, 3.05) is 5.75 Å². The van der Waals surface area contributed by atoms with Crippen LogP contribution in [0.15, 0.2) is 10.7 Å². The highest BCUT2D eigenvalue weighted by Crippen LogP contribution is 2.41. The van der Waals surface area contributed by atoms with Gasteiger partial charge in [0, 0.05) is 0 Å². The zero-order valence-electron chi connectivity index (χ0n) is 7.60. The Kier molecular flexibility index (Phi) is 2.80. The van der Waals surface area contributed by atoms with Crippen LogP contribution in [0.5, 0.6) is 0 Å². The molecule has 1 aliphatic rings. The second-order valence-corrected chi connectivity index (χ2v) is 5.36. The predicted octanol–water partition coefficient (Wildman–Crippen LogP) is -0.651. The van der Waals surface area contributed by atoms with Crippen molar-refractivity contribution < 1.29 is 23.2 Å². The fourth-order valence-electron chi connectivity index (χ4n) is 1.26. The summed E-state index contributed by atoms with van der Waals surface area (Å²) < 4.78 is 22.8. The number of hydrogen-bond donors (Lipinski definition) is 0. The molecule has 0 unspecified atom stereocenters. The van der Waals surface area contributed by atoms with Crippen molar-refractivity contribution in [1.82, 2.24) is 0 Å². The lowest BCUT2D eigenvalue weighted by Crippen LogP contribution is -2.51. The number of sulfone groups is 1. The topological polar surface area (TPSA) is 164 Å². The fraction of sp³-hybridized carbons (Fsp3) is 0.500. The van der Waals surface area contributed by atoms with Crippen molar-refractivity contribution in [3.05, 3.63) is 41.1 Å². The minimum Gasteiger partial charge on any atom is -0.259 e. The Hall–Kier alpha value is -1.82. The highest BCUT2D eigenvalue weighted by atomic mass is 35.5. The summed E-state index contributed by atoms with van der Waals surface area (Å²) >= 11 is 5.15. The molecule has 1 aliphatic heterocycles. The quantitative estimate of drug-likeness (QED) is 0.375. The van der Waals surface area contributed by atoms with Crippen LogP contribution in [0.3, 0.4) is 0 Å². The number of halogens is 1. The van der Waals surface area contributed by atoms with Crippen LogP contribution in [0.1, 0.15) is 0 Å². The van der Waals surface area contributed by atoms with Crippen molar-refractivity contribution >= 4 is 21.4 Å². The third kappa shape index (κ3) is 1.44. The average Bonchev–Trinajstić information content (AvgIpc) is 2.33. The fourth-order valence-corrected chi connectivity index (χ4v) is 3.62. The molecule has 0 saturated heterocycles. The van der Waals surface area contributed by atoms with Gasteiger partial charge in [0.05, 0.1) is 4.92 Å². The molecule has 0 aromatic carbocycles. The summed E-state index contributed by atoms with van der Waals surface area (Å²) in [5, 5.41) is 30.1. The van der Waals surface area contributed by atoms with E-state index in [2.05, 4.69) is 0 Å². The molecule has 0 radical (unpaired) electrons. The first-order valence-electron chi connectivity index (χ1n) is 3.63. The third-order valence-electron chi connectivity index (χ3n) is 2.02. The maximum absolute atomic E-state index is 11.4. The molecule has 0 fully saturated rings. The van der Waals surface area contributed by atoms with E-state index >= 15 is 0 Å². The maximum Gasteiger partial charge on any atom is 0.600 e. The van der Waals surface area contributed by atoms with Gasteiger partial charge in [0.25, 0.3) is 10.7 Å². The zero-order valence-corrected chi connectivity index (χ0v) is 9.17. The van der Waals surface area contributed by atoms with E-state index in [0.29, 0.717) is 0 Å². The lowest BCUT2D eigenvalue weighted by atomic mass is 10.4. The van der Waals surface area contributed by atoms with Gasteiger partial charge in [-0.15, -0.1) is 0 Å². The van der Waals surface area contributed by atoms with Crippen LogP contribution >= 0.6 is 11.6 Å². The summed E-state index contributed by atoms with van der Waals surface area (Å²) in [5.41, 5.74) is -1.26. The van der Waals surface area contributed by atoms with E-state index in [0.717, 1.165) is 0 Å². The highest BCUT2D eigenvalue weighted by molar-refractivity contribution is 7.93. The number of rotatable bonds is 3. The molecule has 11 nitrogen and oxygen atoms in total. The molecule has 0 aromatic heterocycles. The number of nitrogens with zero attached hydrogens (tertiary/aromatic N) is 3. The summed E-state index contributed by atoms with van der Waals surface area (Å²) in [7, 11) is -5.04. The van der Waals surface area contributed by atoms with Crippen LogP contribution in [-0.4, -0.2) is 33.9 Å². The van der Waals surface area contributed by atoms with Gasteiger partial charge in [0.2, 0.25) is 0 Å². The molecule has 0 aromatic rings. The Labute approximate surface area is 97.0 Å². The molecule has 1 rings (SSSR count). The van der Waals surface area contributed by atoms with E-state index in [9.17, 15) is 38.8 Å². The molecule has 0 aliphatic carbocycles. The van der Waals surface area contributed by atoms with Crippen molar-refractivity contribution in [3.63, 3.8) is 0 Å². The molecular formula is C4H2ClN3O8S. The van der Waals surface area contributed by atoms with Gasteiger partial charge >= 0.3 is 14.8 Å². The van der Waals surface area contributed by atoms with E-state index in [1.165, 1.54) is 0 Å². The Morgan fingerprint density at radius 1 is 1.12 bits per heavy atom. The first-order valence-corrected chi connectivity index (χ1v) is 5.67. The van der Waals surface area contributed by atoms with Gasteiger partial charge in [0.1, 0.15) is 9.85 Å². The monoisotopic (exact) mass is 287 g/mol. The van der Waals surface area contributed by atoms with Gasteiger partial charge in [-0.1, -0.05) is 11.6 Å². The van der Waals surface area contributed by atoms with Gasteiger partial charge in [-0.25, -0.2) is 8.42 Å². The summed E-state index contributed by atoms with van der Waals surface area (Å²) in [5.74, 6) is -1.46. The van der Waals surface area contributed by atoms with E-state index in [1.807, 2.05) is 0 Å². The van der Waals surface area contributed by atoms with Gasteiger partial charge in [0.15, 0.2) is 5.75 Å². The largest absolute Gasteiger partial charge is 0.600 e. The standard InChI is InChI=1S/C4H2ClN3O8S/c5-3-2(6(9)10)1-17(15,16)4(3,7(11)12)8(13)14/h1H2. The third-order valence-corrected chi connectivity index (χ3v) is 4.63. The van der Waals surface area contributed by atoms with Gasteiger partial charge < -0.3 is 0 Å². The van der Waals surface area contributed by atoms with Crippen molar-refractivity contribution in [3.8, 4) is 0 Å². The molecule has 13 heteroatoms. The molecule has 0 amide bonds. The van der Waals surface area contributed by atoms with Crippen LogP contribution in [0.4, 0.5) is 0 Å².